The summed E-state index contributed by atoms with van der Waals surface area (Å²) in [6.07, 6.45) is 6.38. The molecule has 0 saturated carbocycles. The van der Waals surface area contributed by atoms with Crippen molar-refractivity contribution in [2.45, 2.75) is 6.42 Å². The van der Waals surface area contributed by atoms with Crippen LogP contribution >= 0.6 is 0 Å². The monoisotopic (exact) mass is 202 g/mol. The second kappa shape index (κ2) is 4.23. The van der Waals surface area contributed by atoms with Crippen LogP contribution in [0.5, 0.6) is 0 Å². The predicted octanol–water partition coefficient (Wildman–Crippen LogP) is 0.983. The molecule has 0 aromatic carbocycles. The molecule has 2 heterocycles. The summed E-state index contributed by atoms with van der Waals surface area (Å²) >= 11 is 0. The molecule has 2 rings (SSSR count). The molecule has 0 saturated heterocycles. The van der Waals surface area contributed by atoms with Gasteiger partial charge in [0.1, 0.15) is 0 Å². The molecule has 0 spiro atoms. The molecule has 4 heteroatoms. The zero-order chi connectivity index (χ0) is 10.7. The van der Waals surface area contributed by atoms with E-state index >= 15 is 0 Å². The van der Waals surface area contributed by atoms with Crippen molar-refractivity contribution in [1.82, 2.24) is 14.5 Å². The van der Waals surface area contributed by atoms with Gasteiger partial charge in [-0.05, 0) is 18.7 Å². The van der Waals surface area contributed by atoms with Crippen LogP contribution in [0.1, 0.15) is 5.69 Å². The lowest BCUT2D eigenvalue weighted by Crippen LogP contribution is -2.04. The molecule has 4 nitrogen and oxygen atoms in total. The topological polar surface area (TPSA) is 56.7 Å². The standard InChI is InChI=1S/C11H14N4/c1-15-7-11(14-8-15)9-3-5-13-10(6-9)2-4-12/h3,5-8H,2,4,12H2,1H3. The van der Waals surface area contributed by atoms with Gasteiger partial charge in [0, 0.05) is 37.1 Å². The first-order valence-electron chi connectivity index (χ1n) is 4.93. The van der Waals surface area contributed by atoms with Crippen LogP contribution in [0.25, 0.3) is 11.3 Å². The van der Waals surface area contributed by atoms with Crippen LogP contribution in [0.15, 0.2) is 30.9 Å². The quantitative estimate of drug-likeness (QED) is 0.807. The van der Waals surface area contributed by atoms with Crippen LogP contribution in [-0.4, -0.2) is 21.1 Å². The van der Waals surface area contributed by atoms with Gasteiger partial charge >= 0.3 is 0 Å². The molecule has 0 amide bonds. The van der Waals surface area contributed by atoms with Gasteiger partial charge < -0.3 is 10.3 Å². The van der Waals surface area contributed by atoms with Crippen molar-refractivity contribution < 1.29 is 0 Å². The number of pyridine rings is 1. The lowest BCUT2D eigenvalue weighted by Gasteiger charge is -2.00. The molecule has 0 aliphatic rings. The summed E-state index contributed by atoms with van der Waals surface area (Å²) in [7, 11) is 1.96. The maximum atomic E-state index is 5.49. The Morgan fingerprint density at radius 3 is 2.93 bits per heavy atom. The fraction of sp³-hybridized carbons (Fsp3) is 0.273. The Morgan fingerprint density at radius 2 is 2.27 bits per heavy atom. The van der Waals surface area contributed by atoms with Crippen molar-refractivity contribution in [3.05, 3.63) is 36.5 Å². The first-order chi connectivity index (χ1) is 7.29. The van der Waals surface area contributed by atoms with E-state index in [1.807, 2.05) is 29.9 Å². The first-order valence-corrected chi connectivity index (χ1v) is 4.93. The third-order valence-electron chi connectivity index (χ3n) is 2.22. The summed E-state index contributed by atoms with van der Waals surface area (Å²) in [5.74, 6) is 0. The van der Waals surface area contributed by atoms with Gasteiger partial charge in [-0.15, -0.1) is 0 Å². The molecule has 78 valence electrons. The Kier molecular flexibility index (Phi) is 2.78. The second-order valence-electron chi connectivity index (χ2n) is 3.50. The maximum Gasteiger partial charge on any atom is 0.0951 e. The van der Waals surface area contributed by atoms with E-state index < -0.39 is 0 Å². The van der Waals surface area contributed by atoms with E-state index in [9.17, 15) is 0 Å². The van der Waals surface area contributed by atoms with E-state index in [4.69, 9.17) is 5.73 Å². The summed E-state index contributed by atoms with van der Waals surface area (Å²) in [4.78, 5) is 8.54. The van der Waals surface area contributed by atoms with Crippen molar-refractivity contribution in [3.63, 3.8) is 0 Å². The molecule has 0 radical (unpaired) electrons. The summed E-state index contributed by atoms with van der Waals surface area (Å²) < 4.78 is 1.93. The lowest BCUT2D eigenvalue weighted by molar-refractivity contribution is 0.913. The molecule has 2 aromatic rings. The second-order valence-corrected chi connectivity index (χ2v) is 3.50. The number of nitrogens with two attached hydrogens (primary N) is 1. The largest absolute Gasteiger partial charge is 0.340 e. The molecule has 2 N–H and O–H groups in total. The van der Waals surface area contributed by atoms with E-state index in [0.717, 1.165) is 23.4 Å². The zero-order valence-corrected chi connectivity index (χ0v) is 8.72. The van der Waals surface area contributed by atoms with E-state index in [1.54, 1.807) is 12.5 Å². The van der Waals surface area contributed by atoms with Gasteiger partial charge in [0.25, 0.3) is 0 Å². The number of hydrogen-bond acceptors (Lipinski definition) is 3. The van der Waals surface area contributed by atoms with Crippen LogP contribution in [0, 0.1) is 0 Å². The maximum absolute atomic E-state index is 5.49. The molecule has 0 bridgehead atoms. The molecule has 0 unspecified atom stereocenters. The van der Waals surface area contributed by atoms with Crippen LogP contribution < -0.4 is 5.73 Å². The Labute approximate surface area is 88.8 Å². The average Bonchev–Trinajstić information content (AvgIpc) is 2.66. The predicted molar refractivity (Wildman–Crippen MR) is 59.2 cm³/mol. The third kappa shape index (κ3) is 2.22. The van der Waals surface area contributed by atoms with Crippen LogP contribution in [0.4, 0.5) is 0 Å². The number of nitrogens with zero attached hydrogens (tertiary/aromatic N) is 3. The minimum atomic E-state index is 0.624. The highest BCUT2D eigenvalue weighted by Crippen LogP contribution is 2.16. The molecular formula is C11H14N4. The van der Waals surface area contributed by atoms with Gasteiger partial charge in [-0.1, -0.05) is 0 Å². The van der Waals surface area contributed by atoms with Crippen LogP contribution in [0.2, 0.25) is 0 Å². The highest BCUT2D eigenvalue weighted by atomic mass is 15.0. The summed E-state index contributed by atoms with van der Waals surface area (Å²) in [5.41, 5.74) is 8.57. The van der Waals surface area contributed by atoms with E-state index in [1.165, 1.54) is 0 Å². The Morgan fingerprint density at radius 1 is 1.40 bits per heavy atom. The Balaban J connectivity index is 2.32. The fourth-order valence-electron chi connectivity index (χ4n) is 1.48. The minimum Gasteiger partial charge on any atom is -0.340 e. The Hall–Kier alpha value is -1.68. The van der Waals surface area contributed by atoms with Crippen molar-refractivity contribution in [1.29, 1.82) is 0 Å². The van der Waals surface area contributed by atoms with E-state index in [0.29, 0.717) is 6.54 Å². The molecule has 0 atom stereocenters. The van der Waals surface area contributed by atoms with Gasteiger partial charge in [-0.25, -0.2) is 4.98 Å². The minimum absolute atomic E-state index is 0.624. The third-order valence-corrected chi connectivity index (χ3v) is 2.22. The van der Waals surface area contributed by atoms with Crippen molar-refractivity contribution in [2.24, 2.45) is 12.8 Å². The van der Waals surface area contributed by atoms with Gasteiger partial charge in [-0.3, -0.25) is 4.98 Å². The van der Waals surface area contributed by atoms with Crippen LogP contribution in [0.3, 0.4) is 0 Å². The normalized spacial score (nSPS) is 10.5. The number of aryl methyl sites for hydroxylation is 1. The summed E-state index contributed by atoms with van der Waals surface area (Å²) in [5, 5.41) is 0. The SMILES string of the molecule is Cn1cnc(-c2ccnc(CCN)c2)c1. The summed E-state index contributed by atoms with van der Waals surface area (Å²) in [6, 6.07) is 4.00. The highest BCUT2D eigenvalue weighted by molar-refractivity contribution is 5.58. The number of aromatic nitrogens is 3. The highest BCUT2D eigenvalue weighted by Gasteiger charge is 2.02. The smallest absolute Gasteiger partial charge is 0.0951 e. The number of hydrogen-bond donors (Lipinski definition) is 1. The van der Waals surface area contributed by atoms with Gasteiger partial charge in [0.05, 0.1) is 12.0 Å². The molecular weight excluding hydrogens is 188 g/mol. The molecule has 0 fully saturated rings. The molecule has 0 aliphatic carbocycles. The van der Waals surface area contributed by atoms with E-state index in [-0.39, 0.29) is 0 Å². The van der Waals surface area contributed by atoms with Gasteiger partial charge in [0.15, 0.2) is 0 Å². The fourth-order valence-corrected chi connectivity index (χ4v) is 1.48. The molecule has 0 aliphatic heterocycles. The van der Waals surface area contributed by atoms with Crippen molar-refractivity contribution in [2.75, 3.05) is 6.54 Å². The first kappa shape index (κ1) is 9.86. The van der Waals surface area contributed by atoms with Gasteiger partial charge in [0.2, 0.25) is 0 Å². The number of imidazole rings is 1. The molecule has 15 heavy (non-hydrogen) atoms. The zero-order valence-electron chi connectivity index (χ0n) is 8.72. The van der Waals surface area contributed by atoms with Crippen molar-refractivity contribution >= 4 is 0 Å². The van der Waals surface area contributed by atoms with Gasteiger partial charge in [-0.2, -0.15) is 0 Å². The lowest BCUT2D eigenvalue weighted by atomic mass is 10.1. The van der Waals surface area contributed by atoms with Crippen molar-refractivity contribution in [3.8, 4) is 11.3 Å². The number of rotatable bonds is 3. The average molecular weight is 202 g/mol. The van der Waals surface area contributed by atoms with E-state index in [2.05, 4.69) is 9.97 Å². The van der Waals surface area contributed by atoms with Crippen LogP contribution in [-0.2, 0) is 13.5 Å². The summed E-state index contributed by atoms with van der Waals surface area (Å²) in [6.45, 7) is 0.624. The Bertz CT molecular complexity index is 447. The molecule has 2 aromatic heterocycles.